The van der Waals surface area contributed by atoms with Gasteiger partial charge < -0.3 is 5.32 Å². The lowest BCUT2D eigenvalue weighted by molar-refractivity contribution is 0.882. The smallest absolute Gasteiger partial charge is 0.131 e. The summed E-state index contributed by atoms with van der Waals surface area (Å²) in [4.78, 5) is 3.97. The summed E-state index contributed by atoms with van der Waals surface area (Å²) in [5, 5.41) is 3.92. The van der Waals surface area contributed by atoms with Crippen LogP contribution in [0.5, 0.6) is 0 Å². The van der Waals surface area contributed by atoms with Crippen LogP contribution in [0.1, 0.15) is 31.0 Å². The number of aryl methyl sites for hydroxylation is 1. The second-order valence-corrected chi connectivity index (χ2v) is 4.72. The van der Waals surface area contributed by atoms with Gasteiger partial charge in [-0.15, -0.1) is 0 Å². The van der Waals surface area contributed by atoms with E-state index in [-0.39, 0.29) is 6.04 Å². The van der Waals surface area contributed by atoms with Gasteiger partial charge in [-0.25, -0.2) is 4.98 Å². The molecule has 3 heteroatoms. The van der Waals surface area contributed by atoms with Crippen LogP contribution in [0, 0.1) is 0 Å². The predicted molar refractivity (Wildman–Crippen MR) is 77.1 cm³/mol. The van der Waals surface area contributed by atoms with Gasteiger partial charge in [0.2, 0.25) is 0 Å². The Balaban J connectivity index is 2.09. The van der Waals surface area contributed by atoms with Gasteiger partial charge in [0, 0.05) is 17.9 Å². The van der Waals surface area contributed by atoms with Crippen LogP contribution < -0.4 is 5.32 Å². The fraction of sp³-hybridized carbons (Fsp3) is 0.267. The summed E-state index contributed by atoms with van der Waals surface area (Å²) in [5.41, 5.74) is 3.61. The minimum absolute atomic E-state index is 0.245. The minimum atomic E-state index is 0.245. The normalized spacial score (nSPS) is 12.2. The summed E-state index contributed by atoms with van der Waals surface area (Å²) in [6, 6.07) is 12.7. The standard InChI is InChI=1S/C15H17ClN2/c1-3-12-4-6-13(7-5-12)11(2)18-14-8-9-17-15(16)10-14/h4-11H,3H2,1-2H3,(H,17,18). The molecule has 0 spiro atoms. The van der Waals surface area contributed by atoms with E-state index in [1.807, 2.05) is 12.1 Å². The monoisotopic (exact) mass is 260 g/mol. The third-order valence-corrected chi connectivity index (χ3v) is 3.20. The molecular weight excluding hydrogens is 244 g/mol. The highest BCUT2D eigenvalue weighted by Crippen LogP contribution is 2.21. The first-order chi connectivity index (χ1) is 8.69. The zero-order valence-corrected chi connectivity index (χ0v) is 11.4. The highest BCUT2D eigenvalue weighted by atomic mass is 35.5. The van der Waals surface area contributed by atoms with Crippen molar-refractivity contribution >= 4 is 17.3 Å². The van der Waals surface area contributed by atoms with Gasteiger partial charge in [0.1, 0.15) is 5.15 Å². The van der Waals surface area contributed by atoms with Crippen LogP contribution in [0.2, 0.25) is 5.15 Å². The highest BCUT2D eigenvalue weighted by Gasteiger charge is 2.05. The number of nitrogens with one attached hydrogen (secondary N) is 1. The van der Waals surface area contributed by atoms with Crippen molar-refractivity contribution in [3.63, 3.8) is 0 Å². The van der Waals surface area contributed by atoms with Crippen molar-refractivity contribution in [2.45, 2.75) is 26.3 Å². The molecule has 1 N–H and O–H groups in total. The number of rotatable bonds is 4. The second kappa shape index (κ2) is 5.87. The van der Waals surface area contributed by atoms with E-state index < -0.39 is 0 Å². The van der Waals surface area contributed by atoms with Crippen molar-refractivity contribution in [2.24, 2.45) is 0 Å². The fourth-order valence-electron chi connectivity index (χ4n) is 1.87. The first kappa shape index (κ1) is 12.9. The lowest BCUT2D eigenvalue weighted by Crippen LogP contribution is -2.06. The fourth-order valence-corrected chi connectivity index (χ4v) is 2.04. The van der Waals surface area contributed by atoms with E-state index in [1.54, 1.807) is 6.20 Å². The zero-order valence-electron chi connectivity index (χ0n) is 10.7. The van der Waals surface area contributed by atoms with Crippen LogP contribution >= 0.6 is 11.6 Å². The molecule has 0 fully saturated rings. The maximum atomic E-state index is 5.86. The number of hydrogen-bond donors (Lipinski definition) is 1. The Kier molecular flexibility index (Phi) is 4.21. The molecule has 1 aromatic carbocycles. The van der Waals surface area contributed by atoms with Crippen molar-refractivity contribution in [2.75, 3.05) is 5.32 Å². The van der Waals surface area contributed by atoms with Gasteiger partial charge in [-0.1, -0.05) is 42.8 Å². The molecule has 1 heterocycles. The predicted octanol–water partition coefficient (Wildman–Crippen LogP) is 4.47. The van der Waals surface area contributed by atoms with Gasteiger partial charge in [0.15, 0.2) is 0 Å². The number of pyridine rings is 1. The third kappa shape index (κ3) is 3.23. The molecule has 1 atom stereocenters. The van der Waals surface area contributed by atoms with Crippen LogP contribution in [0.25, 0.3) is 0 Å². The van der Waals surface area contributed by atoms with E-state index >= 15 is 0 Å². The summed E-state index contributed by atoms with van der Waals surface area (Å²) in [6.45, 7) is 4.30. The van der Waals surface area contributed by atoms with Crippen molar-refractivity contribution in [1.29, 1.82) is 0 Å². The summed E-state index contributed by atoms with van der Waals surface area (Å²) < 4.78 is 0. The first-order valence-electron chi connectivity index (χ1n) is 6.16. The van der Waals surface area contributed by atoms with Crippen LogP contribution in [-0.4, -0.2) is 4.98 Å². The summed E-state index contributed by atoms with van der Waals surface area (Å²) in [6.07, 6.45) is 2.78. The molecule has 0 aliphatic rings. The van der Waals surface area contributed by atoms with Gasteiger partial charge in [-0.2, -0.15) is 0 Å². The summed E-state index contributed by atoms with van der Waals surface area (Å²) in [7, 11) is 0. The van der Waals surface area contributed by atoms with E-state index in [0.29, 0.717) is 5.15 Å². The number of nitrogens with zero attached hydrogens (tertiary/aromatic N) is 1. The average Bonchev–Trinajstić information content (AvgIpc) is 2.39. The minimum Gasteiger partial charge on any atom is -0.378 e. The van der Waals surface area contributed by atoms with Gasteiger partial charge in [0.25, 0.3) is 0 Å². The lowest BCUT2D eigenvalue weighted by atomic mass is 10.0. The maximum absolute atomic E-state index is 5.86. The molecule has 2 aromatic rings. The van der Waals surface area contributed by atoms with Crippen molar-refractivity contribution in [3.8, 4) is 0 Å². The average molecular weight is 261 g/mol. The molecule has 2 rings (SSSR count). The Morgan fingerprint density at radius 1 is 1.22 bits per heavy atom. The molecule has 1 aromatic heterocycles. The van der Waals surface area contributed by atoms with E-state index in [4.69, 9.17) is 11.6 Å². The molecule has 0 radical (unpaired) electrons. The topological polar surface area (TPSA) is 24.9 Å². The van der Waals surface area contributed by atoms with E-state index in [1.165, 1.54) is 11.1 Å². The first-order valence-corrected chi connectivity index (χ1v) is 6.53. The molecule has 0 saturated carbocycles. The number of anilines is 1. The molecule has 0 amide bonds. The number of benzene rings is 1. The third-order valence-electron chi connectivity index (χ3n) is 3.00. The molecule has 18 heavy (non-hydrogen) atoms. The molecule has 2 nitrogen and oxygen atoms in total. The van der Waals surface area contributed by atoms with E-state index in [9.17, 15) is 0 Å². The van der Waals surface area contributed by atoms with Crippen LogP contribution in [0.4, 0.5) is 5.69 Å². The number of hydrogen-bond acceptors (Lipinski definition) is 2. The number of aromatic nitrogens is 1. The molecule has 0 saturated heterocycles. The Morgan fingerprint density at radius 3 is 2.56 bits per heavy atom. The van der Waals surface area contributed by atoms with E-state index in [2.05, 4.69) is 48.4 Å². The van der Waals surface area contributed by atoms with Crippen molar-refractivity contribution in [1.82, 2.24) is 4.98 Å². The Morgan fingerprint density at radius 2 is 1.94 bits per heavy atom. The number of halogens is 1. The largest absolute Gasteiger partial charge is 0.378 e. The summed E-state index contributed by atoms with van der Waals surface area (Å²) >= 11 is 5.86. The SMILES string of the molecule is CCc1ccc(C(C)Nc2ccnc(Cl)c2)cc1. The lowest BCUT2D eigenvalue weighted by Gasteiger charge is -2.16. The van der Waals surface area contributed by atoms with Crippen LogP contribution in [-0.2, 0) is 6.42 Å². The molecule has 0 bridgehead atoms. The zero-order chi connectivity index (χ0) is 13.0. The molecule has 94 valence electrons. The molecular formula is C15H17ClN2. The van der Waals surface area contributed by atoms with E-state index in [0.717, 1.165) is 12.1 Å². The highest BCUT2D eigenvalue weighted by molar-refractivity contribution is 6.29. The molecule has 1 unspecified atom stereocenters. The second-order valence-electron chi connectivity index (χ2n) is 4.33. The van der Waals surface area contributed by atoms with Gasteiger partial charge in [-0.3, -0.25) is 0 Å². The van der Waals surface area contributed by atoms with Crippen molar-refractivity contribution in [3.05, 3.63) is 58.9 Å². The summed E-state index contributed by atoms with van der Waals surface area (Å²) in [5.74, 6) is 0. The van der Waals surface area contributed by atoms with Crippen LogP contribution in [0.3, 0.4) is 0 Å². The Bertz CT molecular complexity index is 508. The Labute approximate surface area is 113 Å². The van der Waals surface area contributed by atoms with Gasteiger partial charge >= 0.3 is 0 Å². The quantitative estimate of drug-likeness (QED) is 0.821. The van der Waals surface area contributed by atoms with Gasteiger partial charge in [-0.05, 0) is 36.6 Å². The molecule has 0 aliphatic heterocycles. The Hall–Kier alpha value is -1.54. The van der Waals surface area contributed by atoms with Gasteiger partial charge in [0.05, 0.1) is 0 Å². The maximum Gasteiger partial charge on any atom is 0.131 e. The molecule has 0 aliphatic carbocycles. The van der Waals surface area contributed by atoms with Crippen LogP contribution in [0.15, 0.2) is 42.6 Å². The van der Waals surface area contributed by atoms with Crippen molar-refractivity contribution < 1.29 is 0 Å².